The molecule has 52 heavy (non-hydrogen) atoms. The van der Waals surface area contributed by atoms with Gasteiger partial charge in [-0.25, -0.2) is 0 Å². The summed E-state index contributed by atoms with van der Waals surface area (Å²) in [5.41, 5.74) is -2.11. The fourth-order valence-corrected chi connectivity index (χ4v) is 8.84. The molecule has 4 N–H and O–H groups in total. The van der Waals surface area contributed by atoms with E-state index < -0.39 is 21.9 Å². The molecule has 4 amide bonds. The second kappa shape index (κ2) is 21.7. The lowest BCUT2D eigenvalue weighted by molar-refractivity contribution is -0.143. The van der Waals surface area contributed by atoms with Crippen molar-refractivity contribution in [1.29, 1.82) is 0 Å². The van der Waals surface area contributed by atoms with Crippen LogP contribution in [0.5, 0.6) is 0 Å². The molecule has 4 bridgehead atoms. The Morgan fingerprint density at radius 3 is 1.25 bits per heavy atom. The van der Waals surface area contributed by atoms with E-state index in [-0.39, 0.29) is 23.6 Å². The summed E-state index contributed by atoms with van der Waals surface area (Å²) in [4.78, 5) is 50.9. The Bertz CT molecular complexity index is 1100. The van der Waals surface area contributed by atoms with Gasteiger partial charge in [0.15, 0.2) is 0 Å². The summed E-state index contributed by atoms with van der Waals surface area (Å²) in [6.07, 6.45) is 31.5. The molecule has 1 aliphatic carbocycles. The fourth-order valence-electron chi connectivity index (χ4n) is 8.84. The van der Waals surface area contributed by atoms with Crippen LogP contribution in [0.4, 0.5) is 0 Å². The maximum atomic E-state index is 13.0. The summed E-state index contributed by atoms with van der Waals surface area (Å²) in [6.45, 7) is 12.6. The molecular weight excluding hydrogens is 649 g/mol. The van der Waals surface area contributed by atoms with Crippen molar-refractivity contribution in [3.63, 3.8) is 0 Å². The normalized spacial score (nSPS) is 25.7. The highest BCUT2D eigenvalue weighted by Crippen LogP contribution is 2.36. The van der Waals surface area contributed by atoms with Gasteiger partial charge in [-0.2, -0.15) is 0 Å². The molecule has 0 atom stereocenters. The van der Waals surface area contributed by atoms with E-state index in [2.05, 4.69) is 35.1 Å². The zero-order valence-electron chi connectivity index (χ0n) is 34.6. The Hall–Kier alpha value is -2.12. The highest BCUT2D eigenvalue weighted by atomic mass is 16.2. The highest BCUT2D eigenvalue weighted by Gasteiger charge is 2.50. The SMILES string of the molecule is CCCCCCCCCCC(C)(C)C(=O)NC12CCC(CC1)NC2=O.CCCCCCCCCCC(C)(C)C(=O)NC12CCCC(CCC1)NC2=O. The molecule has 5 rings (SSSR count). The average molecular weight is 729 g/mol. The van der Waals surface area contributed by atoms with E-state index in [1.54, 1.807) is 0 Å². The first-order chi connectivity index (χ1) is 24.8. The van der Waals surface area contributed by atoms with Crippen LogP contribution in [-0.4, -0.2) is 46.8 Å². The quantitative estimate of drug-likeness (QED) is 0.0831. The van der Waals surface area contributed by atoms with Crippen LogP contribution in [0, 0.1) is 10.8 Å². The second-order valence-electron chi connectivity index (χ2n) is 18.5. The Morgan fingerprint density at radius 1 is 0.538 bits per heavy atom. The maximum absolute atomic E-state index is 13.0. The summed E-state index contributed by atoms with van der Waals surface area (Å²) >= 11 is 0. The van der Waals surface area contributed by atoms with Crippen molar-refractivity contribution in [2.24, 2.45) is 10.8 Å². The van der Waals surface area contributed by atoms with Crippen LogP contribution >= 0.6 is 0 Å². The molecule has 0 spiro atoms. The smallest absolute Gasteiger partial charge is 0.245 e. The van der Waals surface area contributed by atoms with E-state index in [4.69, 9.17) is 0 Å². The van der Waals surface area contributed by atoms with Gasteiger partial charge in [-0.15, -0.1) is 0 Å². The molecule has 0 unspecified atom stereocenters. The standard InChI is InChI=1S/C23H42N2O2.C21H38N2O2/c1-4-5-6-7-8-9-10-11-16-22(2,3)20(26)25-23-17-12-14-19(15-13-18-23)24-21(23)27;1-4-5-6-7-8-9-10-11-14-20(2,3)18(24)23-21-15-12-17(13-16-21)22-19(21)25/h19H,4-18H2,1-3H3,(H,24,27)(H,25,26);17H,4-16H2,1-3H3,(H,22,25)(H,23,24). The van der Waals surface area contributed by atoms with Crippen molar-refractivity contribution in [2.45, 2.75) is 244 Å². The zero-order chi connectivity index (χ0) is 38.1. The van der Waals surface area contributed by atoms with Gasteiger partial charge in [-0.3, -0.25) is 19.2 Å². The predicted octanol–water partition coefficient (Wildman–Crippen LogP) is 9.72. The number of amides is 4. The molecule has 4 aliphatic heterocycles. The van der Waals surface area contributed by atoms with E-state index in [1.165, 1.54) is 89.9 Å². The average Bonchev–Trinajstić information content (AvgIpc) is 3.35. The number of fused-ring (bicyclic) bond motifs is 6. The monoisotopic (exact) mass is 729 g/mol. The number of carbonyl (C=O) groups excluding carboxylic acids is 4. The highest BCUT2D eigenvalue weighted by molar-refractivity contribution is 5.95. The number of rotatable bonds is 22. The Labute approximate surface area is 318 Å². The van der Waals surface area contributed by atoms with E-state index in [9.17, 15) is 19.2 Å². The van der Waals surface area contributed by atoms with E-state index in [0.717, 1.165) is 89.9 Å². The predicted molar refractivity (Wildman–Crippen MR) is 214 cm³/mol. The minimum atomic E-state index is -0.668. The van der Waals surface area contributed by atoms with Crippen molar-refractivity contribution in [2.75, 3.05) is 0 Å². The molecule has 5 fully saturated rings. The molecule has 0 radical (unpaired) electrons. The second-order valence-corrected chi connectivity index (χ2v) is 18.5. The molecule has 0 aromatic carbocycles. The van der Waals surface area contributed by atoms with Crippen molar-refractivity contribution < 1.29 is 19.2 Å². The van der Waals surface area contributed by atoms with E-state index in [1.807, 2.05) is 27.7 Å². The lowest BCUT2D eigenvalue weighted by Gasteiger charge is -2.47. The summed E-state index contributed by atoms with van der Waals surface area (Å²) in [5.74, 6) is 0.192. The lowest BCUT2D eigenvalue weighted by atomic mass is 9.73. The molecular formula is C44H80N4O4. The van der Waals surface area contributed by atoms with Gasteiger partial charge in [0.05, 0.1) is 0 Å². The Balaban J connectivity index is 0.000000281. The molecule has 5 aliphatic rings. The minimum Gasteiger partial charge on any atom is -0.351 e. The Kier molecular flexibility index (Phi) is 18.5. The van der Waals surface area contributed by atoms with Gasteiger partial charge in [0.25, 0.3) is 0 Å². The first-order valence-electron chi connectivity index (χ1n) is 22.1. The fraction of sp³-hybridized carbons (Fsp3) is 0.909. The van der Waals surface area contributed by atoms with Gasteiger partial charge >= 0.3 is 0 Å². The summed E-state index contributed by atoms with van der Waals surface area (Å²) in [7, 11) is 0. The van der Waals surface area contributed by atoms with Crippen LogP contribution in [0.25, 0.3) is 0 Å². The molecule has 0 aromatic rings. The molecule has 8 nitrogen and oxygen atoms in total. The van der Waals surface area contributed by atoms with Crippen molar-refractivity contribution in [1.82, 2.24) is 21.3 Å². The molecule has 300 valence electrons. The van der Waals surface area contributed by atoms with Crippen LogP contribution in [0.15, 0.2) is 0 Å². The van der Waals surface area contributed by atoms with Crippen LogP contribution in [0.1, 0.15) is 221 Å². The third kappa shape index (κ3) is 13.6. The Morgan fingerprint density at radius 2 is 0.865 bits per heavy atom. The zero-order valence-corrected chi connectivity index (χ0v) is 34.6. The topological polar surface area (TPSA) is 116 Å². The molecule has 1 saturated carbocycles. The first-order valence-corrected chi connectivity index (χ1v) is 22.1. The number of piperidine rings is 2. The number of hydrogen-bond donors (Lipinski definition) is 4. The summed E-state index contributed by atoms with van der Waals surface area (Å²) in [6, 6.07) is 0.640. The van der Waals surface area contributed by atoms with Crippen LogP contribution in [-0.2, 0) is 19.2 Å². The van der Waals surface area contributed by atoms with Gasteiger partial charge in [0.2, 0.25) is 23.6 Å². The van der Waals surface area contributed by atoms with Crippen molar-refractivity contribution in [3.8, 4) is 0 Å². The van der Waals surface area contributed by atoms with Gasteiger partial charge in [-0.1, -0.05) is 144 Å². The summed E-state index contributed by atoms with van der Waals surface area (Å²) in [5, 5.41) is 12.6. The van der Waals surface area contributed by atoms with Crippen LogP contribution in [0.3, 0.4) is 0 Å². The largest absolute Gasteiger partial charge is 0.351 e. The first kappa shape index (κ1) is 44.3. The third-order valence-electron chi connectivity index (χ3n) is 12.9. The number of unbranched alkanes of at least 4 members (excludes halogenated alkanes) is 14. The maximum Gasteiger partial charge on any atom is 0.245 e. The van der Waals surface area contributed by atoms with Crippen molar-refractivity contribution >= 4 is 23.6 Å². The molecule has 4 heterocycles. The number of nitrogens with one attached hydrogen (secondary N) is 4. The van der Waals surface area contributed by atoms with Crippen LogP contribution in [0.2, 0.25) is 0 Å². The minimum absolute atomic E-state index is 0.0335. The molecule has 0 aromatic heterocycles. The van der Waals surface area contributed by atoms with Crippen LogP contribution < -0.4 is 21.3 Å². The third-order valence-corrected chi connectivity index (χ3v) is 12.9. The summed E-state index contributed by atoms with van der Waals surface area (Å²) < 4.78 is 0. The molecule has 8 heteroatoms. The van der Waals surface area contributed by atoms with Gasteiger partial charge in [0.1, 0.15) is 11.1 Å². The molecule has 4 saturated heterocycles. The van der Waals surface area contributed by atoms with Crippen molar-refractivity contribution in [3.05, 3.63) is 0 Å². The van der Waals surface area contributed by atoms with Gasteiger partial charge < -0.3 is 21.3 Å². The van der Waals surface area contributed by atoms with Gasteiger partial charge in [-0.05, 0) is 77.0 Å². The number of hydrogen-bond acceptors (Lipinski definition) is 4. The number of carbonyl (C=O) groups is 4. The van der Waals surface area contributed by atoms with E-state index >= 15 is 0 Å². The van der Waals surface area contributed by atoms with E-state index in [0.29, 0.717) is 12.1 Å². The van der Waals surface area contributed by atoms with Gasteiger partial charge in [0, 0.05) is 22.9 Å². The lowest BCUT2D eigenvalue weighted by Crippen LogP contribution is -2.68.